The van der Waals surface area contributed by atoms with Crippen LogP contribution in [0.4, 0.5) is 5.13 Å². The van der Waals surface area contributed by atoms with E-state index in [-0.39, 0.29) is 12.5 Å². The average Bonchev–Trinajstić information content (AvgIpc) is 2.84. The van der Waals surface area contributed by atoms with Crippen molar-refractivity contribution in [2.45, 2.75) is 20.3 Å². The third-order valence-corrected chi connectivity index (χ3v) is 3.52. The van der Waals surface area contributed by atoms with Gasteiger partial charge < -0.3 is 5.11 Å². The van der Waals surface area contributed by atoms with Crippen molar-refractivity contribution in [3.05, 3.63) is 46.0 Å². The normalized spacial score (nSPS) is 9.86. The molecule has 1 heterocycles. The fourth-order valence-electron chi connectivity index (χ4n) is 1.79. The maximum Gasteiger partial charge on any atom is 0.257 e. The molecule has 0 saturated heterocycles. The summed E-state index contributed by atoms with van der Waals surface area (Å²) in [6.45, 7) is 3.84. The van der Waals surface area contributed by atoms with Crippen LogP contribution >= 0.6 is 11.3 Å². The molecule has 0 bridgehead atoms. The predicted octanol–water partition coefficient (Wildman–Crippen LogP) is 2.75. The van der Waals surface area contributed by atoms with Crippen molar-refractivity contribution >= 4 is 22.4 Å². The molecule has 0 aliphatic carbocycles. The summed E-state index contributed by atoms with van der Waals surface area (Å²) in [5.74, 6) is 5.61. The van der Waals surface area contributed by atoms with Crippen LogP contribution in [0.25, 0.3) is 0 Å². The molecule has 0 atom stereocenters. The number of aromatic nitrogens is 1. The van der Waals surface area contributed by atoms with Crippen LogP contribution in [0.15, 0.2) is 23.6 Å². The van der Waals surface area contributed by atoms with Gasteiger partial charge in [0.1, 0.15) is 0 Å². The second kappa shape index (κ2) is 7.02. The number of anilines is 1. The number of hydrogen-bond donors (Lipinski definition) is 2. The second-order valence-electron chi connectivity index (χ2n) is 4.61. The van der Waals surface area contributed by atoms with Gasteiger partial charge in [0.15, 0.2) is 5.13 Å². The van der Waals surface area contributed by atoms with Gasteiger partial charge in [0.05, 0.1) is 12.3 Å². The van der Waals surface area contributed by atoms with Gasteiger partial charge in [-0.1, -0.05) is 11.8 Å². The van der Waals surface area contributed by atoms with E-state index in [4.69, 9.17) is 5.11 Å². The molecule has 21 heavy (non-hydrogen) atoms. The Balaban J connectivity index is 2.19. The lowest BCUT2D eigenvalue weighted by atomic mass is 10.1. The van der Waals surface area contributed by atoms with E-state index in [0.29, 0.717) is 17.1 Å². The van der Waals surface area contributed by atoms with Gasteiger partial charge in [0, 0.05) is 22.9 Å². The van der Waals surface area contributed by atoms with Gasteiger partial charge in [-0.25, -0.2) is 4.98 Å². The first-order valence-electron chi connectivity index (χ1n) is 6.53. The van der Waals surface area contributed by atoms with E-state index in [9.17, 15) is 4.79 Å². The number of rotatable bonds is 3. The Hall–Kier alpha value is -2.16. The summed E-state index contributed by atoms with van der Waals surface area (Å²) in [6.07, 6.45) is 0.424. The molecule has 4 nitrogen and oxygen atoms in total. The first-order chi connectivity index (χ1) is 10.1. The van der Waals surface area contributed by atoms with Gasteiger partial charge in [0.25, 0.3) is 5.91 Å². The molecule has 2 aromatic rings. The third kappa shape index (κ3) is 4.42. The van der Waals surface area contributed by atoms with Crippen molar-refractivity contribution in [2.24, 2.45) is 0 Å². The molecule has 0 aliphatic rings. The SMILES string of the molecule is Cc1cc(C#CCCO)cc(C(=O)Nc2nc(C)cs2)c1. The largest absolute Gasteiger partial charge is 0.395 e. The number of benzene rings is 1. The molecule has 108 valence electrons. The van der Waals surface area contributed by atoms with Gasteiger partial charge >= 0.3 is 0 Å². The summed E-state index contributed by atoms with van der Waals surface area (Å²) < 4.78 is 0. The standard InChI is InChI=1S/C16H16N2O2S/c1-11-7-13(5-3-4-6-19)9-14(8-11)15(20)18-16-17-12(2)10-21-16/h7-10,19H,4,6H2,1-2H3,(H,17,18,20). The lowest BCUT2D eigenvalue weighted by Gasteiger charge is -2.04. The smallest absolute Gasteiger partial charge is 0.257 e. The number of aliphatic hydroxyl groups excluding tert-OH is 1. The quantitative estimate of drug-likeness (QED) is 0.857. The number of thiazole rings is 1. The van der Waals surface area contributed by atoms with Crippen molar-refractivity contribution in [2.75, 3.05) is 11.9 Å². The fraction of sp³-hybridized carbons (Fsp3) is 0.250. The maximum absolute atomic E-state index is 12.2. The molecular weight excluding hydrogens is 284 g/mol. The monoisotopic (exact) mass is 300 g/mol. The first kappa shape index (κ1) is 15.2. The van der Waals surface area contributed by atoms with Gasteiger partial charge in [-0.05, 0) is 37.6 Å². The van der Waals surface area contributed by atoms with Gasteiger partial charge in [-0.2, -0.15) is 0 Å². The van der Waals surface area contributed by atoms with Crippen LogP contribution in [0.1, 0.15) is 33.6 Å². The zero-order valence-electron chi connectivity index (χ0n) is 11.9. The number of nitrogens with zero attached hydrogens (tertiary/aromatic N) is 1. The molecular formula is C16H16N2O2S. The summed E-state index contributed by atoms with van der Waals surface area (Å²) in [6, 6.07) is 5.47. The minimum absolute atomic E-state index is 0.0373. The number of amides is 1. The number of nitrogens with one attached hydrogen (secondary N) is 1. The van der Waals surface area contributed by atoms with E-state index in [1.807, 2.05) is 31.4 Å². The molecule has 0 aliphatic heterocycles. The Morgan fingerprint density at radius 2 is 2.19 bits per heavy atom. The number of carbonyl (C=O) groups is 1. The van der Waals surface area contributed by atoms with Crippen LogP contribution in [-0.4, -0.2) is 22.6 Å². The van der Waals surface area contributed by atoms with Crippen molar-refractivity contribution in [1.29, 1.82) is 0 Å². The highest BCUT2D eigenvalue weighted by atomic mass is 32.1. The molecule has 1 amide bonds. The molecule has 1 aromatic carbocycles. The Bertz CT molecular complexity index is 711. The minimum atomic E-state index is -0.196. The fourth-order valence-corrected chi connectivity index (χ4v) is 2.47. The van der Waals surface area contributed by atoms with Gasteiger partial charge in [-0.3, -0.25) is 10.1 Å². The highest BCUT2D eigenvalue weighted by molar-refractivity contribution is 7.13. The summed E-state index contributed by atoms with van der Waals surface area (Å²) in [7, 11) is 0. The topological polar surface area (TPSA) is 62.2 Å². The molecule has 0 spiro atoms. The molecule has 1 aromatic heterocycles. The van der Waals surface area contributed by atoms with E-state index in [1.165, 1.54) is 11.3 Å². The zero-order valence-corrected chi connectivity index (χ0v) is 12.8. The lowest BCUT2D eigenvalue weighted by Crippen LogP contribution is -2.12. The summed E-state index contributed by atoms with van der Waals surface area (Å²) in [5.41, 5.74) is 3.17. The molecule has 5 heteroatoms. The molecule has 0 unspecified atom stereocenters. The zero-order chi connectivity index (χ0) is 15.2. The number of hydrogen-bond acceptors (Lipinski definition) is 4. The summed E-state index contributed by atoms with van der Waals surface area (Å²) in [4.78, 5) is 16.4. The van der Waals surface area contributed by atoms with E-state index in [1.54, 1.807) is 6.07 Å². The Labute approximate surface area is 127 Å². The van der Waals surface area contributed by atoms with Gasteiger partial charge in [0.2, 0.25) is 0 Å². The number of carbonyl (C=O) groups excluding carboxylic acids is 1. The Kier molecular flexibility index (Phi) is 5.09. The second-order valence-corrected chi connectivity index (χ2v) is 5.47. The van der Waals surface area contributed by atoms with Crippen molar-refractivity contribution in [3.63, 3.8) is 0 Å². The van der Waals surface area contributed by atoms with Crippen LogP contribution in [0, 0.1) is 25.7 Å². The van der Waals surface area contributed by atoms with Crippen molar-refractivity contribution in [3.8, 4) is 11.8 Å². The predicted molar refractivity (Wildman–Crippen MR) is 84.6 cm³/mol. The molecule has 2 rings (SSSR count). The van der Waals surface area contributed by atoms with Crippen LogP contribution in [0.3, 0.4) is 0 Å². The molecule has 0 saturated carbocycles. The first-order valence-corrected chi connectivity index (χ1v) is 7.41. The number of aryl methyl sites for hydroxylation is 2. The summed E-state index contributed by atoms with van der Waals surface area (Å²) >= 11 is 1.40. The molecule has 2 N–H and O–H groups in total. The highest BCUT2D eigenvalue weighted by Crippen LogP contribution is 2.16. The highest BCUT2D eigenvalue weighted by Gasteiger charge is 2.09. The van der Waals surface area contributed by atoms with E-state index in [2.05, 4.69) is 22.1 Å². The van der Waals surface area contributed by atoms with Crippen molar-refractivity contribution < 1.29 is 9.90 Å². The van der Waals surface area contributed by atoms with Crippen LogP contribution in [-0.2, 0) is 0 Å². The van der Waals surface area contributed by atoms with Crippen molar-refractivity contribution in [1.82, 2.24) is 4.98 Å². The third-order valence-electron chi connectivity index (χ3n) is 2.65. The molecule has 0 radical (unpaired) electrons. The van der Waals surface area contributed by atoms with E-state index < -0.39 is 0 Å². The van der Waals surface area contributed by atoms with E-state index in [0.717, 1.165) is 16.8 Å². The maximum atomic E-state index is 12.2. The molecule has 0 fully saturated rings. The Morgan fingerprint density at radius 1 is 1.38 bits per heavy atom. The minimum Gasteiger partial charge on any atom is -0.395 e. The van der Waals surface area contributed by atoms with Crippen LogP contribution in [0.5, 0.6) is 0 Å². The summed E-state index contributed by atoms with van der Waals surface area (Å²) in [5, 5.41) is 14.0. The van der Waals surface area contributed by atoms with Crippen LogP contribution < -0.4 is 5.32 Å². The average molecular weight is 300 g/mol. The lowest BCUT2D eigenvalue weighted by molar-refractivity contribution is 0.102. The van der Waals surface area contributed by atoms with Gasteiger partial charge in [-0.15, -0.1) is 11.3 Å². The van der Waals surface area contributed by atoms with E-state index >= 15 is 0 Å². The van der Waals surface area contributed by atoms with Crippen LogP contribution in [0.2, 0.25) is 0 Å². The number of aliphatic hydroxyl groups is 1. The Morgan fingerprint density at radius 3 is 2.86 bits per heavy atom.